The number of methoxy groups -OCH3 is 1. The van der Waals surface area contributed by atoms with Gasteiger partial charge in [-0.2, -0.15) is 0 Å². The molecule has 2 fully saturated rings. The summed E-state index contributed by atoms with van der Waals surface area (Å²) in [6.07, 6.45) is 0.267. The molecule has 2 aliphatic rings. The highest BCUT2D eigenvalue weighted by atomic mass is 127. The first-order valence-electron chi connectivity index (χ1n) is 6.67. The van der Waals surface area contributed by atoms with Gasteiger partial charge in [0.2, 0.25) is 0 Å². The van der Waals surface area contributed by atoms with Crippen LogP contribution >= 0.6 is 24.0 Å². The second-order valence-corrected chi connectivity index (χ2v) is 5.87. The Bertz CT molecular complexity index is 330. The van der Waals surface area contributed by atoms with Crippen LogP contribution in [0.3, 0.4) is 0 Å². The third kappa shape index (κ3) is 3.16. The van der Waals surface area contributed by atoms with Gasteiger partial charge in [-0.15, -0.1) is 24.0 Å². The van der Waals surface area contributed by atoms with E-state index in [2.05, 4.69) is 25.7 Å². The summed E-state index contributed by atoms with van der Waals surface area (Å²) >= 11 is 0. The minimum atomic E-state index is 0. The Labute approximate surface area is 132 Å². The van der Waals surface area contributed by atoms with Crippen LogP contribution in [-0.4, -0.2) is 56.4 Å². The quantitative estimate of drug-likeness (QED) is 0.444. The summed E-state index contributed by atoms with van der Waals surface area (Å²) in [7, 11) is 1.77. The van der Waals surface area contributed by atoms with Gasteiger partial charge in [0.05, 0.1) is 25.4 Å². The van der Waals surface area contributed by atoms with E-state index < -0.39 is 0 Å². The van der Waals surface area contributed by atoms with Crippen molar-refractivity contribution >= 4 is 29.9 Å². The number of hydrogen-bond donors (Lipinski definition) is 1. The number of aliphatic imine (C=N–C) groups is 1. The van der Waals surface area contributed by atoms with E-state index in [0.29, 0.717) is 11.9 Å². The first-order valence-corrected chi connectivity index (χ1v) is 6.67. The van der Waals surface area contributed by atoms with Gasteiger partial charge in [-0.3, -0.25) is 0 Å². The first kappa shape index (κ1) is 17.0. The zero-order valence-corrected chi connectivity index (χ0v) is 14.6. The zero-order chi connectivity index (χ0) is 13.3. The van der Waals surface area contributed by atoms with Crippen molar-refractivity contribution in [2.45, 2.75) is 32.9 Å². The predicted molar refractivity (Wildman–Crippen MR) is 87.0 cm³/mol. The van der Waals surface area contributed by atoms with E-state index in [9.17, 15) is 0 Å². The smallest absolute Gasteiger partial charge is 0.191 e. The van der Waals surface area contributed by atoms with Gasteiger partial charge in [0.25, 0.3) is 0 Å². The van der Waals surface area contributed by atoms with Crippen LogP contribution in [0.2, 0.25) is 0 Å². The molecular formula is C13H26IN3O2. The Morgan fingerprint density at radius 3 is 2.42 bits per heavy atom. The van der Waals surface area contributed by atoms with Crippen molar-refractivity contribution in [2.75, 3.05) is 33.4 Å². The number of halogens is 1. The van der Waals surface area contributed by atoms with Gasteiger partial charge in [0, 0.05) is 31.5 Å². The molecule has 0 spiro atoms. The Kier molecular flexibility index (Phi) is 5.88. The minimum Gasteiger partial charge on any atom is -0.380 e. The average Bonchev–Trinajstić information content (AvgIpc) is 2.37. The number of hydrogen-bond acceptors (Lipinski definition) is 3. The third-order valence-corrected chi connectivity index (χ3v) is 4.33. The fourth-order valence-corrected chi connectivity index (χ4v) is 3.39. The van der Waals surface area contributed by atoms with Crippen LogP contribution in [-0.2, 0) is 9.47 Å². The maximum Gasteiger partial charge on any atom is 0.191 e. The predicted octanol–water partition coefficient (Wildman–Crippen LogP) is 1.31. The summed E-state index contributed by atoms with van der Waals surface area (Å²) in [5.74, 6) is 1.07. The number of nitrogens with zero attached hydrogens (tertiary/aromatic N) is 2. The monoisotopic (exact) mass is 383 g/mol. The Morgan fingerprint density at radius 1 is 1.37 bits per heavy atom. The molecule has 5 nitrogen and oxygen atoms in total. The SMILES string of the molecule is COC1C(C)C(N=C(N)N2CCOCC2)C1(C)C.I. The van der Waals surface area contributed by atoms with E-state index >= 15 is 0 Å². The highest BCUT2D eigenvalue weighted by molar-refractivity contribution is 14.0. The molecule has 0 aromatic carbocycles. The molecule has 0 amide bonds. The molecule has 2 rings (SSSR count). The van der Waals surface area contributed by atoms with Crippen molar-refractivity contribution in [1.29, 1.82) is 0 Å². The minimum absolute atomic E-state index is 0. The zero-order valence-electron chi connectivity index (χ0n) is 12.3. The molecule has 1 aliphatic heterocycles. The van der Waals surface area contributed by atoms with Gasteiger partial charge in [-0.1, -0.05) is 20.8 Å². The van der Waals surface area contributed by atoms with Crippen LogP contribution < -0.4 is 5.73 Å². The van der Waals surface area contributed by atoms with Crippen LogP contribution in [0.15, 0.2) is 4.99 Å². The lowest BCUT2D eigenvalue weighted by Crippen LogP contribution is -2.61. The molecule has 3 atom stereocenters. The van der Waals surface area contributed by atoms with Crippen LogP contribution in [0.5, 0.6) is 0 Å². The van der Waals surface area contributed by atoms with Gasteiger partial charge in [0.1, 0.15) is 0 Å². The second-order valence-electron chi connectivity index (χ2n) is 5.87. The number of rotatable bonds is 2. The Hall–Kier alpha value is -0.0800. The topological polar surface area (TPSA) is 60.1 Å². The molecule has 0 bridgehead atoms. The van der Waals surface area contributed by atoms with Gasteiger partial charge in [0.15, 0.2) is 5.96 Å². The normalized spacial score (nSPS) is 34.4. The fourth-order valence-electron chi connectivity index (χ4n) is 3.39. The van der Waals surface area contributed by atoms with Crippen molar-refractivity contribution in [3.63, 3.8) is 0 Å². The van der Waals surface area contributed by atoms with Crippen molar-refractivity contribution < 1.29 is 9.47 Å². The number of nitrogens with two attached hydrogens (primary N) is 1. The van der Waals surface area contributed by atoms with Gasteiger partial charge >= 0.3 is 0 Å². The van der Waals surface area contributed by atoms with Crippen molar-refractivity contribution in [3.05, 3.63) is 0 Å². The molecule has 0 aromatic rings. The molecule has 1 heterocycles. The molecular weight excluding hydrogens is 357 g/mol. The highest BCUT2D eigenvalue weighted by Gasteiger charge is 2.55. The molecule has 1 aliphatic carbocycles. The summed E-state index contributed by atoms with van der Waals surface area (Å²) < 4.78 is 10.8. The van der Waals surface area contributed by atoms with E-state index in [0.717, 1.165) is 26.3 Å². The lowest BCUT2D eigenvalue weighted by atomic mass is 9.58. The van der Waals surface area contributed by atoms with E-state index in [1.807, 2.05) is 0 Å². The van der Waals surface area contributed by atoms with Gasteiger partial charge in [-0.25, -0.2) is 4.99 Å². The van der Waals surface area contributed by atoms with Crippen molar-refractivity contribution in [1.82, 2.24) is 4.90 Å². The van der Waals surface area contributed by atoms with E-state index in [1.54, 1.807) is 7.11 Å². The molecule has 19 heavy (non-hydrogen) atoms. The number of guanidine groups is 1. The van der Waals surface area contributed by atoms with E-state index in [4.69, 9.17) is 20.2 Å². The average molecular weight is 383 g/mol. The summed E-state index contributed by atoms with van der Waals surface area (Å²) in [4.78, 5) is 6.83. The fraction of sp³-hybridized carbons (Fsp3) is 0.923. The van der Waals surface area contributed by atoms with Crippen LogP contribution in [0, 0.1) is 11.3 Å². The van der Waals surface area contributed by atoms with Gasteiger partial charge < -0.3 is 20.1 Å². The van der Waals surface area contributed by atoms with Crippen molar-refractivity contribution in [3.8, 4) is 0 Å². The number of ether oxygens (including phenoxy) is 2. The van der Waals surface area contributed by atoms with Crippen molar-refractivity contribution in [2.24, 2.45) is 22.1 Å². The molecule has 2 N–H and O–H groups in total. The van der Waals surface area contributed by atoms with Crippen LogP contribution in [0.4, 0.5) is 0 Å². The molecule has 3 unspecified atom stereocenters. The molecule has 1 saturated heterocycles. The van der Waals surface area contributed by atoms with Crippen LogP contribution in [0.1, 0.15) is 20.8 Å². The lowest BCUT2D eigenvalue weighted by molar-refractivity contribution is -0.132. The lowest BCUT2D eigenvalue weighted by Gasteiger charge is -2.54. The molecule has 6 heteroatoms. The standard InChI is InChI=1S/C13H25N3O2.HI/c1-9-10(13(2,3)11(9)17-4)15-12(14)16-5-7-18-8-6-16;/h9-11H,5-8H2,1-4H3,(H2,14,15);1H. The number of morpholine rings is 1. The molecule has 112 valence electrons. The Morgan fingerprint density at radius 2 is 1.95 bits per heavy atom. The molecule has 0 aromatic heterocycles. The first-order chi connectivity index (χ1) is 8.48. The summed E-state index contributed by atoms with van der Waals surface area (Å²) in [5.41, 5.74) is 6.17. The summed E-state index contributed by atoms with van der Waals surface area (Å²) in [5, 5.41) is 0. The summed E-state index contributed by atoms with van der Waals surface area (Å²) in [6.45, 7) is 9.72. The second kappa shape index (κ2) is 6.58. The van der Waals surface area contributed by atoms with Gasteiger partial charge in [-0.05, 0) is 0 Å². The third-order valence-electron chi connectivity index (χ3n) is 4.33. The Balaban J connectivity index is 0.00000180. The van der Waals surface area contributed by atoms with E-state index in [1.165, 1.54) is 0 Å². The highest BCUT2D eigenvalue weighted by Crippen LogP contribution is 2.48. The summed E-state index contributed by atoms with van der Waals surface area (Å²) in [6, 6.07) is 0.241. The molecule has 1 saturated carbocycles. The maximum atomic E-state index is 6.11. The maximum absolute atomic E-state index is 6.11. The largest absolute Gasteiger partial charge is 0.380 e. The van der Waals surface area contributed by atoms with Crippen LogP contribution in [0.25, 0.3) is 0 Å². The molecule has 0 radical (unpaired) electrons. The van der Waals surface area contributed by atoms with E-state index in [-0.39, 0.29) is 41.5 Å².